The first-order valence-electron chi connectivity index (χ1n) is 12.2. The summed E-state index contributed by atoms with van der Waals surface area (Å²) in [6.45, 7) is 6.71. The topological polar surface area (TPSA) is 28.6 Å². The zero-order chi connectivity index (χ0) is 23.0. The van der Waals surface area contributed by atoms with Crippen molar-refractivity contribution in [2.24, 2.45) is 5.92 Å². The van der Waals surface area contributed by atoms with Gasteiger partial charge in [0, 0.05) is 19.3 Å². The number of hydrogen-bond acceptors (Lipinski definition) is 4. The van der Waals surface area contributed by atoms with Gasteiger partial charge in [-0.05, 0) is 88.5 Å². The van der Waals surface area contributed by atoms with Gasteiger partial charge in [-0.3, -0.25) is 14.8 Å². The Labute approximate surface area is 197 Å². The Morgan fingerprint density at radius 1 is 1.09 bits per heavy atom. The van der Waals surface area contributed by atoms with Gasteiger partial charge in [-0.15, -0.1) is 0 Å². The van der Waals surface area contributed by atoms with E-state index in [1.54, 1.807) is 6.08 Å². The Kier molecular flexibility index (Phi) is 8.30. The van der Waals surface area contributed by atoms with Crippen molar-refractivity contribution < 1.29 is 9.13 Å². The van der Waals surface area contributed by atoms with Gasteiger partial charge in [0.25, 0.3) is 0 Å². The van der Waals surface area contributed by atoms with Crippen molar-refractivity contribution in [2.75, 3.05) is 39.8 Å². The predicted octanol–water partition coefficient (Wildman–Crippen LogP) is 5.67. The number of hydrogen-bond donors (Lipinski definition) is 0. The number of allylic oxidation sites excluding steroid dienone is 3. The zero-order valence-electron chi connectivity index (χ0n) is 19.9. The van der Waals surface area contributed by atoms with Crippen LogP contribution in [0.25, 0.3) is 0 Å². The van der Waals surface area contributed by atoms with Crippen molar-refractivity contribution >= 4 is 0 Å². The third-order valence-electron chi connectivity index (χ3n) is 6.78. The van der Waals surface area contributed by atoms with Crippen molar-refractivity contribution in [2.45, 2.75) is 38.6 Å². The van der Waals surface area contributed by atoms with E-state index in [2.05, 4.69) is 65.2 Å². The fourth-order valence-corrected chi connectivity index (χ4v) is 4.88. The first-order valence-corrected chi connectivity index (χ1v) is 12.2. The Hall–Kier alpha value is -2.50. The Morgan fingerprint density at radius 2 is 1.85 bits per heavy atom. The first-order chi connectivity index (χ1) is 16.1. The molecule has 33 heavy (non-hydrogen) atoms. The molecule has 4 rings (SSSR count). The fourth-order valence-electron chi connectivity index (χ4n) is 4.88. The number of ether oxygens (including phenoxy) is 1. The first kappa shape index (κ1) is 23.7. The van der Waals surface area contributed by atoms with Crippen LogP contribution in [0, 0.1) is 12.8 Å². The molecule has 1 aromatic heterocycles. The number of piperidine rings is 1. The standard InChI is InChI=1S/C28H36FN3O/c1-22-10-12-24(13-11-22)28(26-8-5-6-16-30-26)31(2)21-23-14-17-32(18-15-23)19-20-33-27-9-4-3-7-25(27)29/h5-13,16,23,28H,3-4,14-15,17-21H2,1-2H3. The van der Waals surface area contributed by atoms with E-state index in [1.807, 2.05) is 18.3 Å². The van der Waals surface area contributed by atoms with Gasteiger partial charge >= 0.3 is 0 Å². The number of benzene rings is 1. The van der Waals surface area contributed by atoms with E-state index in [1.165, 1.54) is 24.0 Å². The van der Waals surface area contributed by atoms with Gasteiger partial charge in [-0.25, -0.2) is 4.39 Å². The minimum Gasteiger partial charge on any atom is -0.490 e. The summed E-state index contributed by atoms with van der Waals surface area (Å²) in [5, 5.41) is 0. The summed E-state index contributed by atoms with van der Waals surface area (Å²) in [5.74, 6) is 0.874. The lowest BCUT2D eigenvalue weighted by atomic mass is 9.94. The maximum atomic E-state index is 13.8. The van der Waals surface area contributed by atoms with Crippen molar-refractivity contribution in [3.63, 3.8) is 0 Å². The summed E-state index contributed by atoms with van der Waals surface area (Å²) in [4.78, 5) is 9.58. The molecule has 1 fully saturated rings. The van der Waals surface area contributed by atoms with E-state index in [-0.39, 0.29) is 11.9 Å². The summed E-state index contributed by atoms with van der Waals surface area (Å²) in [7, 11) is 2.22. The third kappa shape index (κ3) is 6.52. The minimum absolute atomic E-state index is 0.157. The maximum absolute atomic E-state index is 13.8. The number of aromatic nitrogens is 1. The van der Waals surface area contributed by atoms with Gasteiger partial charge < -0.3 is 4.74 Å². The quantitative estimate of drug-likeness (QED) is 0.493. The van der Waals surface area contributed by atoms with Crippen LogP contribution in [0.1, 0.15) is 48.5 Å². The summed E-state index contributed by atoms with van der Waals surface area (Å²) in [6.07, 6.45) is 9.34. The summed E-state index contributed by atoms with van der Waals surface area (Å²) in [6, 6.07) is 15.2. The lowest BCUT2D eigenvalue weighted by Crippen LogP contribution is -2.40. The van der Waals surface area contributed by atoms with Crippen LogP contribution in [0.5, 0.6) is 0 Å². The molecule has 1 aliphatic heterocycles. The molecule has 1 atom stereocenters. The molecule has 2 heterocycles. The molecular formula is C28H36FN3O. The second kappa shape index (κ2) is 11.6. The molecule has 0 saturated carbocycles. The highest BCUT2D eigenvalue weighted by Crippen LogP contribution is 2.29. The molecule has 176 valence electrons. The van der Waals surface area contributed by atoms with Crippen LogP contribution in [0.4, 0.5) is 4.39 Å². The molecule has 1 unspecified atom stereocenters. The number of aryl methyl sites for hydroxylation is 1. The number of likely N-dealkylation sites (tertiary alicyclic amines) is 1. The van der Waals surface area contributed by atoms with Gasteiger partial charge in [0.2, 0.25) is 0 Å². The van der Waals surface area contributed by atoms with Crippen molar-refractivity contribution in [3.05, 3.63) is 89.2 Å². The predicted molar refractivity (Wildman–Crippen MR) is 132 cm³/mol. The van der Waals surface area contributed by atoms with Crippen LogP contribution in [0.3, 0.4) is 0 Å². The summed E-state index contributed by atoms with van der Waals surface area (Å²) in [5.41, 5.74) is 3.66. The highest BCUT2D eigenvalue weighted by molar-refractivity contribution is 5.30. The van der Waals surface area contributed by atoms with E-state index in [9.17, 15) is 4.39 Å². The van der Waals surface area contributed by atoms with Crippen LogP contribution >= 0.6 is 0 Å². The highest BCUT2D eigenvalue weighted by atomic mass is 19.1. The lowest BCUT2D eigenvalue weighted by molar-refractivity contribution is 0.110. The van der Waals surface area contributed by atoms with E-state index >= 15 is 0 Å². The third-order valence-corrected chi connectivity index (χ3v) is 6.78. The minimum atomic E-state index is -0.209. The number of nitrogens with zero attached hydrogens (tertiary/aromatic N) is 3. The van der Waals surface area contributed by atoms with Gasteiger partial charge in [0.15, 0.2) is 11.6 Å². The molecule has 4 nitrogen and oxygen atoms in total. The van der Waals surface area contributed by atoms with Gasteiger partial charge in [0.1, 0.15) is 6.61 Å². The summed E-state index contributed by atoms with van der Waals surface area (Å²) >= 11 is 0. The van der Waals surface area contributed by atoms with Crippen molar-refractivity contribution in [1.82, 2.24) is 14.8 Å². The number of pyridine rings is 1. The monoisotopic (exact) mass is 449 g/mol. The smallest absolute Gasteiger partial charge is 0.160 e. The zero-order valence-corrected chi connectivity index (χ0v) is 19.9. The fraction of sp³-hybridized carbons (Fsp3) is 0.464. The molecule has 2 aliphatic rings. The average molecular weight is 450 g/mol. The second-order valence-corrected chi connectivity index (χ2v) is 9.34. The van der Waals surface area contributed by atoms with Crippen molar-refractivity contribution in [3.8, 4) is 0 Å². The Morgan fingerprint density at radius 3 is 2.55 bits per heavy atom. The van der Waals surface area contributed by atoms with Crippen molar-refractivity contribution in [1.29, 1.82) is 0 Å². The van der Waals surface area contributed by atoms with Crippen LogP contribution in [-0.4, -0.2) is 54.6 Å². The highest BCUT2D eigenvalue weighted by Gasteiger charge is 2.26. The van der Waals surface area contributed by atoms with Gasteiger partial charge in [-0.2, -0.15) is 0 Å². The largest absolute Gasteiger partial charge is 0.490 e. The van der Waals surface area contributed by atoms with Gasteiger partial charge in [-0.1, -0.05) is 35.9 Å². The SMILES string of the molecule is Cc1ccc(C(c2ccccn2)N(C)CC2CCN(CCOC3=CCCC=C3F)CC2)cc1. The lowest BCUT2D eigenvalue weighted by Gasteiger charge is -2.36. The maximum Gasteiger partial charge on any atom is 0.160 e. The molecule has 0 amide bonds. The van der Waals surface area contributed by atoms with Crippen LogP contribution in [0.15, 0.2) is 72.4 Å². The van der Waals surface area contributed by atoms with Crippen LogP contribution in [-0.2, 0) is 4.74 Å². The molecule has 0 N–H and O–H groups in total. The second-order valence-electron chi connectivity index (χ2n) is 9.34. The molecule has 0 radical (unpaired) electrons. The molecule has 0 bridgehead atoms. The van der Waals surface area contributed by atoms with Crippen LogP contribution in [0.2, 0.25) is 0 Å². The van der Waals surface area contributed by atoms with E-state index in [0.29, 0.717) is 18.3 Å². The van der Waals surface area contributed by atoms with E-state index in [4.69, 9.17) is 4.74 Å². The Balaban J connectivity index is 1.29. The molecular weight excluding hydrogens is 413 g/mol. The average Bonchev–Trinajstić information content (AvgIpc) is 2.83. The van der Waals surface area contributed by atoms with Gasteiger partial charge in [0.05, 0.1) is 11.7 Å². The molecule has 1 aliphatic carbocycles. The molecule has 2 aromatic rings. The Bertz CT molecular complexity index is 933. The summed E-state index contributed by atoms with van der Waals surface area (Å²) < 4.78 is 19.4. The molecule has 1 saturated heterocycles. The molecule has 1 aromatic carbocycles. The number of halogens is 1. The van der Waals surface area contributed by atoms with E-state index in [0.717, 1.165) is 44.7 Å². The van der Waals surface area contributed by atoms with Crippen LogP contribution < -0.4 is 0 Å². The van der Waals surface area contributed by atoms with E-state index < -0.39 is 0 Å². The molecule has 0 spiro atoms. The molecule has 5 heteroatoms. The normalized spacial score (nSPS) is 18.7. The number of rotatable bonds is 9.